The maximum Gasteiger partial charge on any atom is 0.276 e. The maximum absolute atomic E-state index is 12.4. The Labute approximate surface area is 121 Å². The first kappa shape index (κ1) is 12.9. The predicted octanol–water partition coefficient (Wildman–Crippen LogP) is 2.70. The van der Waals surface area contributed by atoms with Gasteiger partial charge < -0.3 is 5.32 Å². The number of aryl methyl sites for hydroxylation is 1. The van der Waals surface area contributed by atoms with Crippen LogP contribution in [0.4, 0.5) is 5.69 Å². The molecule has 0 radical (unpaired) electrons. The standard InChI is InChI=1S/C16H12N4O/c1-20-14-8-3-2-7-13(14)15(19-20)16(21)18-12-6-4-5-11(9-12)10-17/h2-9H,1H3,(H,18,21). The van der Waals surface area contributed by atoms with Gasteiger partial charge in [0.05, 0.1) is 17.1 Å². The van der Waals surface area contributed by atoms with Crippen molar-refractivity contribution in [3.05, 3.63) is 59.8 Å². The highest BCUT2D eigenvalue weighted by Gasteiger charge is 2.15. The number of rotatable bonds is 2. The summed E-state index contributed by atoms with van der Waals surface area (Å²) in [5, 5.41) is 16.7. The lowest BCUT2D eigenvalue weighted by molar-refractivity contribution is 0.102. The second-order valence-electron chi connectivity index (χ2n) is 4.64. The van der Waals surface area contributed by atoms with E-state index >= 15 is 0 Å². The monoisotopic (exact) mass is 276 g/mol. The van der Waals surface area contributed by atoms with Gasteiger partial charge in [0.1, 0.15) is 0 Å². The fraction of sp³-hybridized carbons (Fsp3) is 0.0625. The van der Waals surface area contributed by atoms with Gasteiger partial charge in [0.2, 0.25) is 0 Å². The molecule has 1 heterocycles. The zero-order valence-corrected chi connectivity index (χ0v) is 11.4. The molecule has 0 saturated heterocycles. The van der Waals surface area contributed by atoms with Gasteiger partial charge in [0.15, 0.2) is 5.69 Å². The van der Waals surface area contributed by atoms with Crippen LogP contribution in [0, 0.1) is 11.3 Å². The van der Waals surface area contributed by atoms with E-state index < -0.39 is 0 Å². The molecule has 0 aliphatic carbocycles. The number of carbonyl (C=O) groups excluding carboxylic acids is 1. The minimum Gasteiger partial charge on any atom is -0.321 e. The van der Waals surface area contributed by atoms with Crippen LogP contribution in [0.2, 0.25) is 0 Å². The fourth-order valence-corrected chi connectivity index (χ4v) is 2.24. The number of hydrogen-bond donors (Lipinski definition) is 1. The van der Waals surface area contributed by atoms with Gasteiger partial charge in [-0.15, -0.1) is 0 Å². The Hall–Kier alpha value is -3.13. The molecule has 0 unspecified atom stereocenters. The molecule has 21 heavy (non-hydrogen) atoms. The minimum atomic E-state index is -0.290. The third kappa shape index (κ3) is 2.35. The summed E-state index contributed by atoms with van der Waals surface area (Å²) in [6, 6.07) is 16.4. The molecular formula is C16H12N4O. The van der Waals surface area contributed by atoms with E-state index in [1.807, 2.05) is 30.3 Å². The number of aromatic nitrogens is 2. The number of carbonyl (C=O) groups is 1. The van der Waals surface area contributed by atoms with Gasteiger partial charge in [-0.25, -0.2) is 0 Å². The van der Waals surface area contributed by atoms with E-state index in [0.29, 0.717) is 16.9 Å². The SMILES string of the molecule is Cn1nc(C(=O)Nc2cccc(C#N)c2)c2ccccc21. The molecule has 3 rings (SSSR count). The van der Waals surface area contributed by atoms with Crippen molar-refractivity contribution in [3.63, 3.8) is 0 Å². The molecule has 3 aromatic rings. The molecule has 102 valence electrons. The first-order valence-corrected chi connectivity index (χ1v) is 6.42. The highest BCUT2D eigenvalue weighted by molar-refractivity contribution is 6.11. The van der Waals surface area contributed by atoms with Gasteiger partial charge >= 0.3 is 0 Å². The number of amides is 1. The average Bonchev–Trinajstić information content (AvgIpc) is 2.85. The normalized spacial score (nSPS) is 10.3. The Morgan fingerprint density at radius 1 is 1.24 bits per heavy atom. The molecule has 0 saturated carbocycles. The second-order valence-corrected chi connectivity index (χ2v) is 4.64. The lowest BCUT2D eigenvalue weighted by Crippen LogP contribution is -2.13. The molecule has 0 atom stereocenters. The van der Waals surface area contributed by atoms with Crippen molar-refractivity contribution in [3.8, 4) is 6.07 Å². The summed E-state index contributed by atoms with van der Waals surface area (Å²) >= 11 is 0. The molecule has 1 amide bonds. The number of hydrogen-bond acceptors (Lipinski definition) is 3. The van der Waals surface area contributed by atoms with Crippen LogP contribution in [0.15, 0.2) is 48.5 Å². The number of fused-ring (bicyclic) bond motifs is 1. The van der Waals surface area contributed by atoms with Crippen LogP contribution in [0.5, 0.6) is 0 Å². The molecule has 0 bridgehead atoms. The molecular weight excluding hydrogens is 264 g/mol. The van der Waals surface area contributed by atoms with Crippen LogP contribution >= 0.6 is 0 Å². The van der Waals surface area contributed by atoms with E-state index in [9.17, 15) is 4.79 Å². The number of nitriles is 1. The Bertz CT molecular complexity index is 873. The summed E-state index contributed by atoms with van der Waals surface area (Å²) in [5.41, 5.74) is 2.34. The number of para-hydroxylation sites is 1. The van der Waals surface area contributed by atoms with Crippen LogP contribution in [0.1, 0.15) is 16.1 Å². The molecule has 5 heteroatoms. The minimum absolute atomic E-state index is 0.290. The van der Waals surface area contributed by atoms with Crippen molar-refractivity contribution in [2.24, 2.45) is 7.05 Å². The Kier molecular flexibility index (Phi) is 3.13. The highest BCUT2D eigenvalue weighted by atomic mass is 16.1. The first-order valence-electron chi connectivity index (χ1n) is 6.42. The highest BCUT2D eigenvalue weighted by Crippen LogP contribution is 2.19. The van der Waals surface area contributed by atoms with E-state index in [-0.39, 0.29) is 5.91 Å². The Balaban J connectivity index is 1.96. The third-order valence-electron chi connectivity index (χ3n) is 3.22. The number of anilines is 1. The Morgan fingerprint density at radius 2 is 2.05 bits per heavy atom. The number of nitrogens with zero attached hydrogens (tertiary/aromatic N) is 3. The molecule has 0 aliphatic rings. The van der Waals surface area contributed by atoms with Crippen molar-refractivity contribution >= 4 is 22.5 Å². The van der Waals surface area contributed by atoms with Crippen LogP contribution < -0.4 is 5.32 Å². The summed E-state index contributed by atoms with van der Waals surface area (Å²) in [7, 11) is 1.80. The van der Waals surface area contributed by atoms with Crippen LogP contribution in [0.25, 0.3) is 10.9 Å². The van der Waals surface area contributed by atoms with Gasteiger partial charge in [-0.2, -0.15) is 10.4 Å². The van der Waals surface area contributed by atoms with Crippen molar-refractivity contribution in [2.75, 3.05) is 5.32 Å². The van der Waals surface area contributed by atoms with E-state index in [1.165, 1.54) is 0 Å². The quantitative estimate of drug-likeness (QED) is 0.782. The molecule has 1 N–H and O–H groups in total. The van der Waals surface area contributed by atoms with E-state index in [0.717, 1.165) is 10.9 Å². The molecule has 0 fully saturated rings. The van der Waals surface area contributed by atoms with Gasteiger partial charge in [-0.05, 0) is 24.3 Å². The number of benzene rings is 2. The predicted molar refractivity (Wildman–Crippen MR) is 79.8 cm³/mol. The Morgan fingerprint density at radius 3 is 2.86 bits per heavy atom. The zero-order chi connectivity index (χ0) is 14.8. The summed E-state index contributed by atoms with van der Waals surface area (Å²) in [6.45, 7) is 0. The van der Waals surface area contributed by atoms with E-state index in [4.69, 9.17) is 5.26 Å². The maximum atomic E-state index is 12.4. The molecule has 0 spiro atoms. The fourth-order valence-electron chi connectivity index (χ4n) is 2.24. The van der Waals surface area contributed by atoms with Crippen LogP contribution in [0.3, 0.4) is 0 Å². The lowest BCUT2D eigenvalue weighted by Gasteiger charge is -2.03. The van der Waals surface area contributed by atoms with Crippen molar-refractivity contribution < 1.29 is 4.79 Å². The van der Waals surface area contributed by atoms with Crippen molar-refractivity contribution in [1.29, 1.82) is 5.26 Å². The second kappa shape index (κ2) is 5.10. The molecule has 1 aromatic heterocycles. The lowest BCUT2D eigenvalue weighted by atomic mass is 10.2. The zero-order valence-electron chi connectivity index (χ0n) is 11.4. The topological polar surface area (TPSA) is 70.7 Å². The average molecular weight is 276 g/mol. The van der Waals surface area contributed by atoms with Crippen LogP contribution in [-0.4, -0.2) is 15.7 Å². The van der Waals surface area contributed by atoms with Gasteiger partial charge in [0.25, 0.3) is 5.91 Å². The van der Waals surface area contributed by atoms with E-state index in [1.54, 1.807) is 36.0 Å². The molecule has 0 aliphatic heterocycles. The smallest absolute Gasteiger partial charge is 0.276 e. The summed E-state index contributed by atoms with van der Waals surface area (Å²) in [4.78, 5) is 12.4. The van der Waals surface area contributed by atoms with Gasteiger partial charge in [-0.1, -0.05) is 24.3 Å². The van der Waals surface area contributed by atoms with Gasteiger partial charge in [0, 0.05) is 18.1 Å². The first-order chi connectivity index (χ1) is 10.2. The summed E-state index contributed by atoms with van der Waals surface area (Å²) < 4.78 is 1.68. The number of nitrogens with one attached hydrogen (secondary N) is 1. The van der Waals surface area contributed by atoms with Crippen molar-refractivity contribution in [2.45, 2.75) is 0 Å². The summed E-state index contributed by atoms with van der Waals surface area (Å²) in [5.74, 6) is -0.290. The van der Waals surface area contributed by atoms with E-state index in [2.05, 4.69) is 10.4 Å². The molecule has 2 aromatic carbocycles. The third-order valence-corrected chi connectivity index (χ3v) is 3.22. The summed E-state index contributed by atoms with van der Waals surface area (Å²) in [6.07, 6.45) is 0. The van der Waals surface area contributed by atoms with Crippen LogP contribution in [-0.2, 0) is 7.05 Å². The molecule has 5 nitrogen and oxygen atoms in total. The largest absolute Gasteiger partial charge is 0.321 e. The van der Waals surface area contributed by atoms with Crippen molar-refractivity contribution in [1.82, 2.24) is 9.78 Å². The van der Waals surface area contributed by atoms with Gasteiger partial charge in [-0.3, -0.25) is 9.48 Å².